The summed E-state index contributed by atoms with van der Waals surface area (Å²) in [6, 6.07) is -1.66. The zero-order chi connectivity index (χ0) is 9.28. The number of nitrogens with one attached hydrogen (secondary N) is 1. The predicted molar refractivity (Wildman–Crippen MR) is 36.6 cm³/mol. The molecular formula is C6H13F3N2. The van der Waals surface area contributed by atoms with Gasteiger partial charge in [-0.05, 0) is 5.41 Å². The van der Waals surface area contributed by atoms with Crippen molar-refractivity contribution in [1.29, 1.82) is 0 Å². The molecule has 11 heavy (non-hydrogen) atoms. The van der Waals surface area contributed by atoms with E-state index in [-0.39, 0.29) is 0 Å². The Balaban J connectivity index is 4.43. The highest BCUT2D eigenvalue weighted by molar-refractivity contribution is 4.84. The van der Waals surface area contributed by atoms with Crippen LogP contribution < -0.4 is 11.3 Å². The van der Waals surface area contributed by atoms with E-state index in [9.17, 15) is 13.2 Å². The normalized spacial score (nSPS) is 16.6. The van der Waals surface area contributed by atoms with Gasteiger partial charge in [0, 0.05) is 0 Å². The van der Waals surface area contributed by atoms with Crippen molar-refractivity contribution in [3.8, 4) is 0 Å². The van der Waals surface area contributed by atoms with Crippen LogP contribution in [0.3, 0.4) is 0 Å². The minimum Gasteiger partial charge on any atom is -0.271 e. The lowest BCUT2D eigenvalue weighted by Gasteiger charge is -2.31. The zero-order valence-corrected chi connectivity index (χ0v) is 6.79. The van der Waals surface area contributed by atoms with E-state index in [0.29, 0.717) is 0 Å². The van der Waals surface area contributed by atoms with Crippen LogP contribution in [0.1, 0.15) is 20.8 Å². The van der Waals surface area contributed by atoms with Crippen molar-refractivity contribution in [2.75, 3.05) is 0 Å². The van der Waals surface area contributed by atoms with Crippen LogP contribution in [0, 0.1) is 5.41 Å². The van der Waals surface area contributed by atoms with Crippen molar-refractivity contribution in [1.82, 2.24) is 5.43 Å². The summed E-state index contributed by atoms with van der Waals surface area (Å²) >= 11 is 0. The average Bonchev–Trinajstić information content (AvgIpc) is 1.56. The number of hydrogen-bond donors (Lipinski definition) is 2. The molecule has 0 bridgehead atoms. The van der Waals surface area contributed by atoms with Crippen LogP contribution in [-0.4, -0.2) is 12.2 Å². The maximum atomic E-state index is 12.1. The van der Waals surface area contributed by atoms with Gasteiger partial charge in [0.1, 0.15) is 6.04 Å². The summed E-state index contributed by atoms with van der Waals surface area (Å²) in [7, 11) is 0. The van der Waals surface area contributed by atoms with E-state index in [0.717, 1.165) is 0 Å². The molecule has 1 atom stereocenters. The van der Waals surface area contributed by atoms with Crippen molar-refractivity contribution in [2.24, 2.45) is 11.3 Å². The molecule has 0 rings (SSSR count). The fourth-order valence-corrected chi connectivity index (χ4v) is 0.835. The first-order chi connectivity index (χ1) is 4.69. The van der Waals surface area contributed by atoms with Crippen molar-refractivity contribution in [3.63, 3.8) is 0 Å². The van der Waals surface area contributed by atoms with E-state index < -0.39 is 17.6 Å². The first kappa shape index (κ1) is 10.7. The van der Waals surface area contributed by atoms with Crippen LogP contribution in [0.4, 0.5) is 13.2 Å². The molecule has 1 unspecified atom stereocenters. The van der Waals surface area contributed by atoms with Gasteiger partial charge in [0.15, 0.2) is 0 Å². The molecule has 0 heterocycles. The molecule has 0 amide bonds. The van der Waals surface area contributed by atoms with Crippen LogP contribution in [0.5, 0.6) is 0 Å². The zero-order valence-electron chi connectivity index (χ0n) is 6.79. The summed E-state index contributed by atoms with van der Waals surface area (Å²) in [5.74, 6) is 4.78. The number of hydrogen-bond acceptors (Lipinski definition) is 2. The largest absolute Gasteiger partial charge is 0.405 e. The Bertz CT molecular complexity index is 111. The second-order valence-electron chi connectivity index (χ2n) is 3.51. The van der Waals surface area contributed by atoms with E-state index >= 15 is 0 Å². The molecule has 0 aromatic rings. The Morgan fingerprint density at radius 2 is 1.55 bits per heavy atom. The lowest BCUT2D eigenvalue weighted by atomic mass is 9.87. The predicted octanol–water partition coefficient (Wildman–Crippen LogP) is 1.43. The van der Waals surface area contributed by atoms with E-state index in [1.54, 1.807) is 5.43 Å². The van der Waals surface area contributed by atoms with Gasteiger partial charge in [-0.25, -0.2) is 5.43 Å². The molecule has 0 aliphatic rings. The van der Waals surface area contributed by atoms with Crippen molar-refractivity contribution in [2.45, 2.75) is 33.0 Å². The first-order valence-corrected chi connectivity index (χ1v) is 3.22. The standard InChI is InChI=1S/C6H13F3N2/c1-5(2,3)4(11-10)6(7,8)9/h4,11H,10H2,1-3H3. The van der Waals surface area contributed by atoms with Gasteiger partial charge in [-0.3, -0.25) is 5.84 Å². The molecule has 0 spiro atoms. The third-order valence-corrected chi connectivity index (χ3v) is 1.36. The number of rotatable bonds is 1. The molecule has 2 nitrogen and oxygen atoms in total. The Labute approximate surface area is 63.9 Å². The molecule has 0 aromatic carbocycles. The van der Waals surface area contributed by atoms with Crippen molar-refractivity contribution in [3.05, 3.63) is 0 Å². The van der Waals surface area contributed by atoms with Gasteiger partial charge in [-0.1, -0.05) is 20.8 Å². The molecule has 3 N–H and O–H groups in total. The molecule has 68 valence electrons. The van der Waals surface area contributed by atoms with E-state index in [4.69, 9.17) is 5.84 Å². The molecular weight excluding hydrogens is 157 g/mol. The maximum absolute atomic E-state index is 12.1. The van der Waals surface area contributed by atoms with E-state index in [1.807, 2.05) is 0 Å². The van der Waals surface area contributed by atoms with E-state index in [2.05, 4.69) is 0 Å². The molecule has 0 radical (unpaired) electrons. The summed E-state index contributed by atoms with van der Waals surface area (Å²) in [6.07, 6.45) is -4.28. The van der Waals surface area contributed by atoms with Crippen LogP contribution in [0.25, 0.3) is 0 Å². The minimum absolute atomic E-state index is 0.910. The number of alkyl halides is 3. The summed E-state index contributed by atoms with van der Waals surface area (Å²) in [5, 5.41) is 0. The van der Waals surface area contributed by atoms with Crippen molar-refractivity contribution >= 4 is 0 Å². The molecule has 5 heteroatoms. The Kier molecular flexibility index (Phi) is 2.91. The third kappa shape index (κ3) is 3.07. The van der Waals surface area contributed by atoms with Gasteiger partial charge in [-0.15, -0.1) is 0 Å². The topological polar surface area (TPSA) is 38.0 Å². The second-order valence-corrected chi connectivity index (χ2v) is 3.51. The van der Waals surface area contributed by atoms with Gasteiger partial charge >= 0.3 is 6.18 Å². The third-order valence-electron chi connectivity index (χ3n) is 1.36. The number of hydrazine groups is 1. The SMILES string of the molecule is CC(C)(C)C(NN)C(F)(F)F. The summed E-state index contributed by atoms with van der Waals surface area (Å²) < 4.78 is 36.2. The molecule has 0 fully saturated rings. The van der Waals surface area contributed by atoms with Crippen LogP contribution >= 0.6 is 0 Å². The van der Waals surface area contributed by atoms with Gasteiger partial charge in [0.05, 0.1) is 0 Å². The summed E-state index contributed by atoms with van der Waals surface area (Å²) in [4.78, 5) is 0. The Morgan fingerprint density at radius 3 is 1.55 bits per heavy atom. The minimum atomic E-state index is -4.28. The molecule has 0 aliphatic heterocycles. The fourth-order valence-electron chi connectivity index (χ4n) is 0.835. The second kappa shape index (κ2) is 2.98. The first-order valence-electron chi connectivity index (χ1n) is 3.22. The van der Waals surface area contributed by atoms with Gasteiger partial charge in [0.2, 0.25) is 0 Å². The molecule has 0 aliphatic carbocycles. The quantitative estimate of drug-likeness (QED) is 0.461. The van der Waals surface area contributed by atoms with Crippen LogP contribution in [0.15, 0.2) is 0 Å². The Hall–Kier alpha value is -0.290. The van der Waals surface area contributed by atoms with Gasteiger partial charge in [0.25, 0.3) is 0 Å². The molecule has 0 aromatic heterocycles. The summed E-state index contributed by atoms with van der Waals surface area (Å²) in [6.45, 7) is 4.43. The van der Waals surface area contributed by atoms with Crippen LogP contribution in [-0.2, 0) is 0 Å². The van der Waals surface area contributed by atoms with Gasteiger partial charge < -0.3 is 0 Å². The fraction of sp³-hybridized carbons (Fsp3) is 1.00. The summed E-state index contributed by atoms with van der Waals surface area (Å²) in [5.41, 5.74) is 0.847. The van der Waals surface area contributed by atoms with Gasteiger partial charge in [-0.2, -0.15) is 13.2 Å². The highest BCUT2D eigenvalue weighted by atomic mass is 19.4. The average molecular weight is 170 g/mol. The number of nitrogens with two attached hydrogens (primary N) is 1. The van der Waals surface area contributed by atoms with Crippen LogP contribution in [0.2, 0.25) is 0 Å². The molecule has 0 saturated carbocycles. The maximum Gasteiger partial charge on any atom is 0.405 e. The smallest absolute Gasteiger partial charge is 0.271 e. The lowest BCUT2D eigenvalue weighted by molar-refractivity contribution is -0.177. The van der Waals surface area contributed by atoms with Crippen molar-refractivity contribution < 1.29 is 13.2 Å². The van der Waals surface area contributed by atoms with E-state index in [1.165, 1.54) is 20.8 Å². The molecule has 0 saturated heterocycles. The lowest BCUT2D eigenvalue weighted by Crippen LogP contribution is -2.53. The highest BCUT2D eigenvalue weighted by Gasteiger charge is 2.46. The highest BCUT2D eigenvalue weighted by Crippen LogP contribution is 2.32. The Morgan fingerprint density at radius 1 is 1.18 bits per heavy atom. The monoisotopic (exact) mass is 170 g/mol. The number of halogens is 3.